The van der Waals surface area contributed by atoms with Crippen molar-refractivity contribution >= 4 is 5.91 Å². The molecule has 6 heteroatoms. The van der Waals surface area contributed by atoms with Crippen LogP contribution in [-0.2, 0) is 0 Å². The Morgan fingerprint density at radius 2 is 2.09 bits per heavy atom. The average molecular weight is 306 g/mol. The molecule has 1 aromatic carbocycles. The van der Waals surface area contributed by atoms with Crippen molar-refractivity contribution in [3.63, 3.8) is 0 Å². The monoisotopic (exact) mass is 306 g/mol. The largest absolute Gasteiger partial charge is 0.487 e. The number of aromatic nitrogens is 1. The standard InChI is InChI=1S/C16H16F2N2O2/c1-10-5-6-13(15(18)14(10)17)16(21)20-8-11(2)22-12-4-3-7-19-9-12/h3-7,9,11H,8H2,1-2H3,(H,20,21). The summed E-state index contributed by atoms with van der Waals surface area (Å²) >= 11 is 0. The van der Waals surface area contributed by atoms with Gasteiger partial charge in [0.25, 0.3) is 5.91 Å². The van der Waals surface area contributed by atoms with Gasteiger partial charge >= 0.3 is 0 Å². The molecule has 1 heterocycles. The summed E-state index contributed by atoms with van der Waals surface area (Å²) in [6.07, 6.45) is 2.83. The molecule has 4 nitrogen and oxygen atoms in total. The van der Waals surface area contributed by atoms with E-state index in [-0.39, 0.29) is 23.8 Å². The number of hydrogen-bond donors (Lipinski definition) is 1. The van der Waals surface area contributed by atoms with Crippen LogP contribution < -0.4 is 10.1 Å². The number of amides is 1. The molecule has 1 unspecified atom stereocenters. The van der Waals surface area contributed by atoms with Crippen molar-refractivity contribution in [2.24, 2.45) is 0 Å². The highest BCUT2D eigenvalue weighted by molar-refractivity contribution is 5.94. The van der Waals surface area contributed by atoms with Gasteiger partial charge in [0.2, 0.25) is 0 Å². The Bertz CT molecular complexity index is 663. The summed E-state index contributed by atoms with van der Waals surface area (Å²) in [7, 11) is 0. The van der Waals surface area contributed by atoms with E-state index in [0.29, 0.717) is 5.75 Å². The van der Waals surface area contributed by atoms with Crippen LogP contribution in [0.25, 0.3) is 0 Å². The minimum Gasteiger partial charge on any atom is -0.487 e. The fourth-order valence-electron chi connectivity index (χ4n) is 1.84. The van der Waals surface area contributed by atoms with E-state index >= 15 is 0 Å². The van der Waals surface area contributed by atoms with Gasteiger partial charge in [0.1, 0.15) is 11.9 Å². The van der Waals surface area contributed by atoms with E-state index in [0.717, 1.165) is 0 Å². The molecule has 0 bridgehead atoms. The first-order valence-corrected chi connectivity index (χ1v) is 6.78. The number of benzene rings is 1. The first-order chi connectivity index (χ1) is 10.5. The van der Waals surface area contributed by atoms with Gasteiger partial charge in [0.15, 0.2) is 11.6 Å². The van der Waals surface area contributed by atoms with Crippen molar-refractivity contribution < 1.29 is 18.3 Å². The molecule has 0 aliphatic heterocycles. The van der Waals surface area contributed by atoms with Crippen molar-refractivity contribution in [1.82, 2.24) is 10.3 Å². The molecule has 1 N–H and O–H groups in total. The lowest BCUT2D eigenvalue weighted by Crippen LogP contribution is -2.34. The van der Waals surface area contributed by atoms with Crippen LogP contribution in [0.1, 0.15) is 22.8 Å². The molecule has 0 spiro atoms. The molecule has 116 valence electrons. The van der Waals surface area contributed by atoms with E-state index in [2.05, 4.69) is 10.3 Å². The van der Waals surface area contributed by atoms with Gasteiger partial charge in [-0.3, -0.25) is 9.78 Å². The minimum atomic E-state index is -1.14. The smallest absolute Gasteiger partial charge is 0.254 e. The SMILES string of the molecule is Cc1ccc(C(=O)NCC(C)Oc2cccnc2)c(F)c1F. The number of nitrogens with one attached hydrogen (secondary N) is 1. The molecule has 0 aliphatic rings. The number of pyridine rings is 1. The van der Waals surface area contributed by atoms with Crippen molar-refractivity contribution in [1.29, 1.82) is 0 Å². The Morgan fingerprint density at radius 3 is 2.77 bits per heavy atom. The number of rotatable bonds is 5. The molecule has 0 fully saturated rings. The quantitative estimate of drug-likeness (QED) is 0.924. The summed E-state index contributed by atoms with van der Waals surface area (Å²) in [4.78, 5) is 15.8. The van der Waals surface area contributed by atoms with Gasteiger partial charge in [-0.25, -0.2) is 8.78 Å². The second-order valence-corrected chi connectivity index (χ2v) is 4.89. The summed E-state index contributed by atoms with van der Waals surface area (Å²) in [6.45, 7) is 3.34. The molecule has 1 atom stereocenters. The fourth-order valence-corrected chi connectivity index (χ4v) is 1.84. The molecule has 22 heavy (non-hydrogen) atoms. The van der Waals surface area contributed by atoms with Crippen LogP contribution in [0, 0.1) is 18.6 Å². The Labute approximate surface area is 127 Å². The lowest BCUT2D eigenvalue weighted by molar-refractivity contribution is 0.0927. The molecule has 2 aromatic rings. The number of halogens is 2. The Kier molecular flexibility index (Phi) is 5.04. The highest BCUT2D eigenvalue weighted by Crippen LogP contribution is 2.15. The van der Waals surface area contributed by atoms with Crippen LogP contribution >= 0.6 is 0 Å². The molecule has 2 rings (SSSR count). The normalized spacial score (nSPS) is 11.8. The Morgan fingerprint density at radius 1 is 1.32 bits per heavy atom. The first kappa shape index (κ1) is 15.9. The predicted molar refractivity (Wildman–Crippen MR) is 77.8 cm³/mol. The molecule has 1 aromatic heterocycles. The van der Waals surface area contributed by atoms with Crippen molar-refractivity contribution in [2.45, 2.75) is 20.0 Å². The molecule has 1 amide bonds. The van der Waals surface area contributed by atoms with Gasteiger partial charge in [0, 0.05) is 6.20 Å². The van der Waals surface area contributed by atoms with Crippen molar-refractivity contribution in [3.05, 3.63) is 59.4 Å². The van der Waals surface area contributed by atoms with Crippen LogP contribution in [0.4, 0.5) is 8.78 Å². The highest BCUT2D eigenvalue weighted by Gasteiger charge is 2.17. The summed E-state index contributed by atoms with van der Waals surface area (Å²) in [5, 5.41) is 2.52. The highest BCUT2D eigenvalue weighted by atomic mass is 19.2. The van der Waals surface area contributed by atoms with Gasteiger partial charge < -0.3 is 10.1 Å². The number of nitrogens with zero attached hydrogens (tertiary/aromatic N) is 1. The minimum absolute atomic E-state index is 0.155. The third-order valence-corrected chi connectivity index (χ3v) is 3.04. The van der Waals surface area contributed by atoms with E-state index in [4.69, 9.17) is 4.74 Å². The lowest BCUT2D eigenvalue weighted by atomic mass is 10.1. The maximum Gasteiger partial charge on any atom is 0.254 e. The van der Waals surface area contributed by atoms with Gasteiger partial charge in [-0.1, -0.05) is 6.07 Å². The van der Waals surface area contributed by atoms with E-state index in [1.165, 1.54) is 19.1 Å². The van der Waals surface area contributed by atoms with Crippen LogP contribution in [0.3, 0.4) is 0 Å². The molecular weight excluding hydrogens is 290 g/mol. The number of carbonyl (C=O) groups is 1. The zero-order chi connectivity index (χ0) is 16.1. The van der Waals surface area contributed by atoms with E-state index in [1.54, 1.807) is 31.5 Å². The second-order valence-electron chi connectivity index (χ2n) is 4.89. The Balaban J connectivity index is 1.94. The molecular formula is C16H16F2N2O2. The zero-order valence-electron chi connectivity index (χ0n) is 12.3. The third kappa shape index (κ3) is 3.78. The fraction of sp³-hybridized carbons (Fsp3) is 0.250. The summed E-state index contributed by atoms with van der Waals surface area (Å²) in [5.41, 5.74) is -0.168. The average Bonchev–Trinajstić information content (AvgIpc) is 2.51. The van der Waals surface area contributed by atoms with Crippen LogP contribution in [-0.4, -0.2) is 23.5 Å². The van der Waals surface area contributed by atoms with Crippen LogP contribution in [0.5, 0.6) is 5.75 Å². The topological polar surface area (TPSA) is 51.2 Å². The Hall–Kier alpha value is -2.50. The number of hydrogen-bond acceptors (Lipinski definition) is 3. The van der Waals surface area contributed by atoms with E-state index in [9.17, 15) is 13.6 Å². The number of carbonyl (C=O) groups excluding carboxylic acids is 1. The van der Waals surface area contributed by atoms with Gasteiger partial charge in [-0.05, 0) is 37.6 Å². The van der Waals surface area contributed by atoms with E-state index in [1.807, 2.05) is 0 Å². The van der Waals surface area contributed by atoms with Gasteiger partial charge in [-0.15, -0.1) is 0 Å². The third-order valence-electron chi connectivity index (χ3n) is 3.04. The molecule has 0 radical (unpaired) electrons. The van der Waals surface area contributed by atoms with Crippen LogP contribution in [0.2, 0.25) is 0 Å². The lowest BCUT2D eigenvalue weighted by Gasteiger charge is -2.15. The summed E-state index contributed by atoms with van der Waals surface area (Å²) in [5.74, 6) is -2.26. The van der Waals surface area contributed by atoms with Crippen LogP contribution in [0.15, 0.2) is 36.7 Å². The zero-order valence-corrected chi connectivity index (χ0v) is 12.3. The maximum atomic E-state index is 13.7. The van der Waals surface area contributed by atoms with Gasteiger partial charge in [-0.2, -0.15) is 0 Å². The summed E-state index contributed by atoms with van der Waals surface area (Å²) < 4.78 is 32.7. The number of ether oxygens (including phenoxy) is 1. The predicted octanol–water partition coefficient (Wildman–Crippen LogP) is 2.87. The van der Waals surface area contributed by atoms with E-state index < -0.39 is 17.5 Å². The molecule has 0 aliphatic carbocycles. The van der Waals surface area contributed by atoms with Crippen molar-refractivity contribution in [3.8, 4) is 5.75 Å². The second kappa shape index (κ2) is 6.98. The van der Waals surface area contributed by atoms with Crippen molar-refractivity contribution in [2.75, 3.05) is 6.54 Å². The number of aryl methyl sites for hydroxylation is 1. The molecule has 0 saturated carbocycles. The molecule has 0 saturated heterocycles. The first-order valence-electron chi connectivity index (χ1n) is 6.78. The summed E-state index contributed by atoms with van der Waals surface area (Å²) in [6, 6.07) is 6.09. The van der Waals surface area contributed by atoms with Gasteiger partial charge in [0.05, 0.1) is 18.3 Å². The maximum absolute atomic E-state index is 13.7.